The number of nitrogens with two attached hydrogens (primary N) is 4. The molecule has 5 aromatic rings. The molecule has 30 nitrogen and oxygen atoms in total. The summed E-state index contributed by atoms with van der Waals surface area (Å²) in [6.45, 7) is 14.6. The van der Waals surface area contributed by atoms with Gasteiger partial charge in [-0.3, -0.25) is 52.7 Å². The smallest absolute Gasteiger partial charge is 0.250 e. The van der Waals surface area contributed by atoms with Crippen molar-refractivity contribution in [3.63, 3.8) is 0 Å². The van der Waals surface area contributed by atoms with Gasteiger partial charge in [0.05, 0.1) is 31.9 Å². The van der Waals surface area contributed by atoms with E-state index in [0.717, 1.165) is 18.4 Å². The van der Waals surface area contributed by atoms with Crippen molar-refractivity contribution >= 4 is 81.6 Å². The number of hydrogen-bond acceptors (Lipinski definition) is 16. The Hall–Kier alpha value is -9.62. The van der Waals surface area contributed by atoms with Gasteiger partial charge in [0, 0.05) is 99.1 Å². The molecular weight excluding hydrogens is 1270 g/mol. The number of ether oxygens (including phenoxy) is 1. The molecule has 0 saturated heterocycles. The van der Waals surface area contributed by atoms with Crippen LogP contribution in [0.15, 0.2) is 97.6 Å². The fourth-order valence-corrected chi connectivity index (χ4v) is 10.9. The lowest BCUT2D eigenvalue weighted by atomic mass is 9.95. The van der Waals surface area contributed by atoms with Crippen LogP contribution in [0.4, 0.5) is 5.69 Å². The third-order valence-electron chi connectivity index (χ3n) is 16.0. The van der Waals surface area contributed by atoms with Crippen LogP contribution in [0.3, 0.4) is 0 Å². The molecule has 11 amide bonds. The highest BCUT2D eigenvalue weighted by Gasteiger charge is 2.34. The zero-order valence-corrected chi connectivity index (χ0v) is 57.8. The maximum Gasteiger partial charge on any atom is 0.250 e. The molecule has 0 bridgehead atoms. The number of para-hydroxylation sites is 1. The van der Waals surface area contributed by atoms with Crippen molar-refractivity contribution < 1.29 is 62.8 Å². The minimum absolute atomic E-state index is 0.0887. The zero-order chi connectivity index (χ0) is 72.4. The fraction of sp³-hybridized carbons (Fsp3) is 0.507. The van der Waals surface area contributed by atoms with E-state index in [1.165, 1.54) is 13.3 Å². The average Bonchev–Trinajstić information content (AvgIpc) is 1.69. The lowest BCUT2D eigenvalue weighted by molar-refractivity contribution is -0.656. The highest BCUT2D eigenvalue weighted by Crippen LogP contribution is 2.20. The number of H-pyrrole nitrogens is 2. The topological polar surface area (TPSA) is 468 Å². The van der Waals surface area contributed by atoms with E-state index in [4.69, 9.17) is 21.9 Å². The molecule has 2 heterocycles. The van der Waals surface area contributed by atoms with Gasteiger partial charge in [-0.25, -0.2) is 4.98 Å². The number of fused-ring (bicyclic) bond motifs is 1. The van der Waals surface area contributed by atoms with E-state index in [-0.39, 0.29) is 50.1 Å². The summed E-state index contributed by atoms with van der Waals surface area (Å²) in [5.74, 6) is -7.83. The van der Waals surface area contributed by atoms with E-state index in [0.29, 0.717) is 84.5 Å². The maximum absolute atomic E-state index is 14.6. The van der Waals surface area contributed by atoms with Crippen molar-refractivity contribution in [1.82, 2.24) is 68.1 Å². The van der Waals surface area contributed by atoms with Crippen molar-refractivity contribution in [3.05, 3.63) is 120 Å². The van der Waals surface area contributed by atoms with E-state index >= 15 is 0 Å². The first kappa shape index (κ1) is 80.1. The van der Waals surface area contributed by atoms with Gasteiger partial charge in [-0.05, 0) is 78.8 Å². The normalized spacial score (nSPS) is 13.5. The van der Waals surface area contributed by atoms with E-state index in [1.807, 2.05) is 11.4 Å². The minimum atomic E-state index is -1.53. The second-order valence-electron chi connectivity index (χ2n) is 25.8. The number of aromatic nitrogens is 3. The lowest BCUT2D eigenvalue weighted by Crippen LogP contribution is -2.87. The van der Waals surface area contributed by atoms with Crippen LogP contribution in [0.2, 0.25) is 0 Å². The first-order chi connectivity index (χ1) is 47.3. The molecule has 0 aliphatic heterocycles. The van der Waals surface area contributed by atoms with Crippen LogP contribution in [0, 0.1) is 23.7 Å². The molecule has 0 aliphatic rings. The van der Waals surface area contributed by atoms with Crippen molar-refractivity contribution in [1.29, 1.82) is 0 Å². The van der Waals surface area contributed by atoms with E-state index < -0.39 is 127 Å². The molecule has 0 aliphatic carbocycles. The second kappa shape index (κ2) is 42.2. The van der Waals surface area contributed by atoms with Crippen LogP contribution < -0.4 is 81.0 Å². The number of carbonyl (C=O) groups excluding carboxylic acids is 11. The number of imidazole rings is 1. The van der Waals surface area contributed by atoms with Crippen LogP contribution in [-0.4, -0.2) is 181 Å². The Bertz CT molecular complexity index is 3380. The Labute approximate surface area is 577 Å². The number of nitrogens with zero attached hydrogens (tertiary/aromatic N) is 1. The number of primary amides is 1. The van der Waals surface area contributed by atoms with Crippen LogP contribution in [0.25, 0.3) is 10.9 Å². The Morgan fingerprint density at radius 1 is 0.586 bits per heavy atom. The number of nitrogens with one attached hydrogen (secondary N) is 13. The molecule has 0 radical (unpaired) electrons. The molecular formula is C69H103N18O12+. The molecule has 540 valence electrons. The molecule has 2 aromatic heterocycles. The Kier molecular flexibility index (Phi) is 34.2. The van der Waals surface area contributed by atoms with Gasteiger partial charge >= 0.3 is 0 Å². The van der Waals surface area contributed by atoms with Crippen molar-refractivity contribution in [2.45, 2.75) is 142 Å². The van der Waals surface area contributed by atoms with Gasteiger partial charge in [0.15, 0.2) is 0 Å². The van der Waals surface area contributed by atoms with Crippen LogP contribution in [-0.2, 0) is 83.3 Å². The summed E-state index contributed by atoms with van der Waals surface area (Å²) in [6.07, 6.45) is 5.21. The van der Waals surface area contributed by atoms with Crippen LogP contribution in [0.1, 0.15) is 96.5 Å². The monoisotopic (exact) mass is 1380 g/mol. The molecule has 0 fully saturated rings. The van der Waals surface area contributed by atoms with Crippen molar-refractivity contribution in [2.75, 3.05) is 64.3 Å². The quantitative estimate of drug-likeness (QED) is 0.0196. The largest absolute Gasteiger partial charge is 0.370 e. The number of quaternary nitrogens is 1. The molecule has 1 unspecified atom stereocenters. The molecule has 30 heteroatoms. The SMILES string of the molecule is CC(C)CC(CC(C)C)NC(=O)[C@H](Cc1cnc[nH]1)NC(=O)CNC(=O)[C@@H](NC(=O)[C@H](C)NC(=O)[C@H](Cc1c[nH]c2ccccc12)NC(=O)[C@H](CCC(N)=O)NC(=O)[C@@H](Cc1ccccc1)NC(=O)COCC(=O)Nc1ccc(CNC(=O)C(CNCCN)C[NH2+]CCN)cc1)C(C)C. The molecule has 7 atom stereocenters. The summed E-state index contributed by atoms with van der Waals surface area (Å²) in [5, 5.41) is 33.2. The highest BCUT2D eigenvalue weighted by atomic mass is 16.5. The minimum Gasteiger partial charge on any atom is -0.370 e. The highest BCUT2D eigenvalue weighted by molar-refractivity contribution is 5.98. The van der Waals surface area contributed by atoms with Crippen molar-refractivity contribution in [2.24, 2.45) is 40.9 Å². The molecule has 21 N–H and O–H groups in total. The Morgan fingerprint density at radius 3 is 1.87 bits per heavy atom. The average molecular weight is 1380 g/mol. The van der Waals surface area contributed by atoms with E-state index in [9.17, 15) is 52.7 Å². The number of rotatable bonds is 45. The third kappa shape index (κ3) is 29.2. The fourth-order valence-electron chi connectivity index (χ4n) is 10.9. The first-order valence-corrected chi connectivity index (χ1v) is 33.7. The predicted molar refractivity (Wildman–Crippen MR) is 373 cm³/mol. The number of aromatic amines is 2. The summed E-state index contributed by atoms with van der Waals surface area (Å²) >= 11 is 0. The molecule has 3 aromatic carbocycles. The van der Waals surface area contributed by atoms with Gasteiger partial charge in [0.1, 0.15) is 49.5 Å². The predicted octanol–water partition coefficient (Wildman–Crippen LogP) is -1.58. The Balaban J connectivity index is 1.23. The van der Waals surface area contributed by atoms with Gasteiger partial charge in [-0.1, -0.05) is 102 Å². The number of benzene rings is 3. The second-order valence-corrected chi connectivity index (χ2v) is 25.8. The van der Waals surface area contributed by atoms with E-state index in [1.54, 1.807) is 99.0 Å². The maximum atomic E-state index is 14.6. The standard InChI is InChI=1S/C69H102N18O12/c1-41(2)27-50(28-42(3)4)82-67(96)57(31-51-36-75-40-79-51)83-59(89)37-78-69(98)62(43(5)6)87-63(92)44(7)80-66(95)56(30-47-35-76-53-16-12-11-15-52(47)53)86-65(94)54(21-22-58(72)88)85-68(97)55(29-45-13-9-8-10-14-45)84-61(91)39-99-38-60(90)81-49-19-17-46(18-20-49)32-77-64(93)48(33-73-25-23-70)34-74-26-24-71/h8-20,35-36,40-44,48,50,54-57,62,73-74,76H,21-34,37-39,70-71H2,1-7H3,(H2,72,88)(H,75,79)(H,77,93)(H,78,98)(H,80,95)(H,81,90)(H,82,96)(H,83,89)(H,84,91)(H,85,97)(H,86,94)(H,87,92)/p+1/t44-,54-,55+,56-,57-,62-/m0/s1. The molecule has 5 rings (SSSR count). The van der Waals surface area contributed by atoms with E-state index in [2.05, 4.69) is 101 Å². The summed E-state index contributed by atoms with van der Waals surface area (Å²) in [5.41, 5.74) is 20.5. The number of carbonyl (C=O) groups is 11. The first-order valence-electron chi connectivity index (χ1n) is 33.7. The van der Waals surface area contributed by atoms with Crippen molar-refractivity contribution in [3.8, 4) is 0 Å². The van der Waals surface area contributed by atoms with Gasteiger partial charge < -0.3 is 95.7 Å². The molecule has 99 heavy (non-hydrogen) atoms. The van der Waals surface area contributed by atoms with Crippen LogP contribution in [0.5, 0.6) is 0 Å². The van der Waals surface area contributed by atoms with Gasteiger partial charge in [-0.15, -0.1) is 0 Å². The number of anilines is 1. The summed E-state index contributed by atoms with van der Waals surface area (Å²) in [4.78, 5) is 160. The summed E-state index contributed by atoms with van der Waals surface area (Å²) < 4.78 is 5.46. The summed E-state index contributed by atoms with van der Waals surface area (Å²) in [6, 6.07) is 14.6. The molecule has 0 saturated carbocycles. The summed E-state index contributed by atoms with van der Waals surface area (Å²) in [7, 11) is 0. The zero-order valence-electron chi connectivity index (χ0n) is 57.8. The third-order valence-corrected chi connectivity index (χ3v) is 16.0. The van der Waals surface area contributed by atoms with Gasteiger partial charge in [-0.2, -0.15) is 0 Å². The Morgan fingerprint density at radius 2 is 1.21 bits per heavy atom. The number of amides is 11. The van der Waals surface area contributed by atoms with Gasteiger partial charge in [0.2, 0.25) is 65.0 Å². The lowest BCUT2D eigenvalue weighted by Gasteiger charge is -2.27. The van der Waals surface area contributed by atoms with Crippen LogP contribution >= 0.6 is 0 Å². The number of hydrogen-bond donors (Lipinski definition) is 17. The molecule has 0 spiro atoms. The van der Waals surface area contributed by atoms with Gasteiger partial charge in [0.25, 0.3) is 0 Å².